The molecule has 2 aromatic rings. The molecular weight excluding hydrogens is 200 g/mol. The predicted molar refractivity (Wildman–Crippen MR) is 63.5 cm³/mol. The van der Waals surface area contributed by atoms with Crippen LogP contribution in [-0.4, -0.2) is 17.1 Å². The van der Waals surface area contributed by atoms with E-state index in [1.807, 2.05) is 44.2 Å². The molecule has 82 valence electrons. The lowest BCUT2D eigenvalue weighted by atomic mass is 10.2. The van der Waals surface area contributed by atoms with Crippen LogP contribution in [0, 0.1) is 13.8 Å². The maximum absolute atomic E-state index is 5.18. The van der Waals surface area contributed by atoms with Gasteiger partial charge in [-0.3, -0.25) is 4.98 Å². The van der Waals surface area contributed by atoms with Crippen molar-refractivity contribution < 1.29 is 4.74 Å². The number of pyridine rings is 2. The van der Waals surface area contributed by atoms with Crippen LogP contribution >= 0.6 is 0 Å². The lowest BCUT2D eigenvalue weighted by Crippen LogP contribution is -1.94. The van der Waals surface area contributed by atoms with Crippen molar-refractivity contribution in [2.75, 3.05) is 7.11 Å². The Morgan fingerprint density at radius 2 is 1.69 bits per heavy atom. The molecule has 0 aromatic carbocycles. The van der Waals surface area contributed by atoms with E-state index in [1.54, 1.807) is 7.11 Å². The van der Waals surface area contributed by atoms with Crippen molar-refractivity contribution in [1.29, 1.82) is 0 Å². The number of hydrogen-bond donors (Lipinski definition) is 0. The second-order valence-corrected chi connectivity index (χ2v) is 3.65. The van der Waals surface area contributed by atoms with Crippen molar-refractivity contribution in [3.05, 3.63) is 41.7 Å². The molecule has 0 spiro atoms. The highest BCUT2D eigenvalue weighted by Gasteiger charge is 2.04. The molecule has 0 amide bonds. The quantitative estimate of drug-likeness (QED) is 0.771. The number of methoxy groups -OCH3 is 1. The van der Waals surface area contributed by atoms with E-state index in [9.17, 15) is 0 Å². The van der Waals surface area contributed by atoms with Crippen LogP contribution in [0.3, 0.4) is 0 Å². The van der Waals surface area contributed by atoms with Crippen molar-refractivity contribution in [3.63, 3.8) is 0 Å². The third kappa shape index (κ3) is 2.03. The topological polar surface area (TPSA) is 35.0 Å². The molecule has 16 heavy (non-hydrogen) atoms. The molecule has 0 bridgehead atoms. The molecule has 0 aliphatic heterocycles. The first-order valence-electron chi connectivity index (χ1n) is 5.16. The summed E-state index contributed by atoms with van der Waals surface area (Å²) in [6, 6.07) is 9.76. The van der Waals surface area contributed by atoms with Gasteiger partial charge >= 0.3 is 0 Å². The Hall–Kier alpha value is -1.90. The molecule has 0 radical (unpaired) electrons. The maximum atomic E-state index is 5.18. The molecule has 2 aromatic heterocycles. The summed E-state index contributed by atoms with van der Waals surface area (Å²) in [4.78, 5) is 8.90. The lowest BCUT2D eigenvalue weighted by Gasteiger charge is -2.06. The molecule has 0 aliphatic rings. The Morgan fingerprint density at radius 3 is 2.31 bits per heavy atom. The summed E-state index contributed by atoms with van der Waals surface area (Å²) in [6.45, 7) is 3.90. The summed E-state index contributed by atoms with van der Waals surface area (Å²) >= 11 is 0. The molecule has 2 heterocycles. The molecule has 0 saturated heterocycles. The molecular formula is C13H14N2O. The Balaban J connectivity index is 2.45. The zero-order valence-electron chi connectivity index (χ0n) is 9.69. The smallest absolute Gasteiger partial charge is 0.140 e. The summed E-state index contributed by atoms with van der Waals surface area (Å²) in [6.07, 6.45) is 0. The van der Waals surface area contributed by atoms with Crippen LogP contribution in [0.1, 0.15) is 11.4 Å². The van der Waals surface area contributed by atoms with Crippen LogP contribution in [0.25, 0.3) is 11.4 Å². The van der Waals surface area contributed by atoms with E-state index in [2.05, 4.69) is 9.97 Å². The van der Waals surface area contributed by atoms with Crippen molar-refractivity contribution in [3.8, 4) is 17.1 Å². The standard InChI is InChI=1S/C13H14N2O/c1-9-5-4-6-11(14-9)12-7-8-13(16-3)10(2)15-12/h4-8H,1-3H3. The number of ether oxygens (including phenoxy) is 1. The minimum atomic E-state index is 0.802. The van der Waals surface area contributed by atoms with Crippen molar-refractivity contribution in [2.45, 2.75) is 13.8 Å². The van der Waals surface area contributed by atoms with Crippen LogP contribution < -0.4 is 4.74 Å². The normalized spacial score (nSPS) is 10.2. The van der Waals surface area contributed by atoms with Gasteiger partial charge in [-0.1, -0.05) is 6.07 Å². The summed E-state index contributed by atoms with van der Waals surface area (Å²) in [5.74, 6) is 0.802. The number of aromatic nitrogens is 2. The number of aryl methyl sites for hydroxylation is 2. The van der Waals surface area contributed by atoms with Crippen molar-refractivity contribution >= 4 is 0 Å². The van der Waals surface area contributed by atoms with E-state index < -0.39 is 0 Å². The van der Waals surface area contributed by atoms with Gasteiger partial charge in [0.15, 0.2) is 0 Å². The van der Waals surface area contributed by atoms with Crippen LogP contribution in [-0.2, 0) is 0 Å². The number of rotatable bonds is 2. The third-order valence-electron chi connectivity index (χ3n) is 2.41. The van der Waals surface area contributed by atoms with Gasteiger partial charge in [-0.05, 0) is 38.1 Å². The van der Waals surface area contributed by atoms with Gasteiger partial charge in [-0.25, -0.2) is 4.98 Å². The Labute approximate surface area is 95.1 Å². The highest BCUT2D eigenvalue weighted by molar-refractivity contribution is 5.55. The minimum absolute atomic E-state index is 0.802. The minimum Gasteiger partial charge on any atom is -0.495 e. The van der Waals surface area contributed by atoms with E-state index in [-0.39, 0.29) is 0 Å². The SMILES string of the molecule is COc1ccc(-c2cccc(C)n2)nc1C. The second kappa shape index (κ2) is 4.31. The fourth-order valence-electron chi connectivity index (χ4n) is 1.59. The Kier molecular flexibility index (Phi) is 2.86. The monoisotopic (exact) mass is 214 g/mol. The van der Waals surface area contributed by atoms with Crippen molar-refractivity contribution in [1.82, 2.24) is 9.97 Å². The second-order valence-electron chi connectivity index (χ2n) is 3.65. The van der Waals surface area contributed by atoms with Crippen LogP contribution in [0.15, 0.2) is 30.3 Å². The lowest BCUT2D eigenvalue weighted by molar-refractivity contribution is 0.409. The van der Waals surface area contributed by atoms with Crippen LogP contribution in [0.2, 0.25) is 0 Å². The Bertz CT molecular complexity index is 509. The maximum Gasteiger partial charge on any atom is 0.140 e. The fourth-order valence-corrected chi connectivity index (χ4v) is 1.59. The van der Waals surface area contributed by atoms with Gasteiger partial charge in [0.1, 0.15) is 5.75 Å². The van der Waals surface area contributed by atoms with Gasteiger partial charge in [0.05, 0.1) is 24.2 Å². The number of hydrogen-bond acceptors (Lipinski definition) is 3. The molecule has 0 fully saturated rings. The van der Waals surface area contributed by atoms with Gasteiger partial charge in [0, 0.05) is 5.69 Å². The molecule has 0 atom stereocenters. The first-order valence-corrected chi connectivity index (χ1v) is 5.16. The molecule has 3 heteroatoms. The summed E-state index contributed by atoms with van der Waals surface area (Å²) < 4.78 is 5.18. The predicted octanol–water partition coefficient (Wildman–Crippen LogP) is 2.77. The zero-order chi connectivity index (χ0) is 11.5. The van der Waals surface area contributed by atoms with Gasteiger partial charge in [0.2, 0.25) is 0 Å². The highest BCUT2D eigenvalue weighted by Crippen LogP contribution is 2.21. The summed E-state index contributed by atoms with van der Waals surface area (Å²) in [5, 5.41) is 0. The number of nitrogens with zero attached hydrogens (tertiary/aromatic N) is 2. The van der Waals surface area contributed by atoms with Gasteiger partial charge in [-0.2, -0.15) is 0 Å². The fraction of sp³-hybridized carbons (Fsp3) is 0.231. The first kappa shape index (κ1) is 10.6. The molecule has 2 rings (SSSR count). The average molecular weight is 214 g/mol. The van der Waals surface area contributed by atoms with Crippen molar-refractivity contribution in [2.24, 2.45) is 0 Å². The summed E-state index contributed by atoms with van der Waals surface area (Å²) in [5.41, 5.74) is 3.64. The molecule has 3 nitrogen and oxygen atoms in total. The van der Waals surface area contributed by atoms with E-state index >= 15 is 0 Å². The third-order valence-corrected chi connectivity index (χ3v) is 2.41. The highest BCUT2D eigenvalue weighted by atomic mass is 16.5. The van der Waals surface area contributed by atoms with Gasteiger partial charge in [0.25, 0.3) is 0 Å². The summed E-state index contributed by atoms with van der Waals surface area (Å²) in [7, 11) is 1.65. The molecule has 0 saturated carbocycles. The van der Waals surface area contributed by atoms with E-state index in [0.717, 1.165) is 28.5 Å². The first-order chi connectivity index (χ1) is 7.70. The zero-order valence-corrected chi connectivity index (χ0v) is 9.69. The van der Waals surface area contributed by atoms with E-state index in [4.69, 9.17) is 4.74 Å². The molecule has 0 N–H and O–H groups in total. The van der Waals surface area contributed by atoms with E-state index in [0.29, 0.717) is 0 Å². The average Bonchev–Trinajstić information content (AvgIpc) is 2.29. The van der Waals surface area contributed by atoms with Crippen LogP contribution in [0.5, 0.6) is 5.75 Å². The van der Waals surface area contributed by atoms with Gasteiger partial charge < -0.3 is 4.74 Å². The van der Waals surface area contributed by atoms with Crippen LogP contribution in [0.4, 0.5) is 0 Å². The van der Waals surface area contributed by atoms with E-state index in [1.165, 1.54) is 0 Å². The molecule has 0 unspecified atom stereocenters. The largest absolute Gasteiger partial charge is 0.495 e. The Morgan fingerprint density at radius 1 is 0.938 bits per heavy atom. The van der Waals surface area contributed by atoms with Gasteiger partial charge in [-0.15, -0.1) is 0 Å². The molecule has 0 aliphatic carbocycles.